The van der Waals surface area contributed by atoms with Crippen LogP contribution in [0.3, 0.4) is 0 Å². The summed E-state index contributed by atoms with van der Waals surface area (Å²) in [5.74, 6) is -0.209. The van der Waals surface area contributed by atoms with Crippen LogP contribution in [0.15, 0.2) is 0 Å². The van der Waals surface area contributed by atoms with Crippen LogP contribution >= 0.6 is 24.8 Å². The van der Waals surface area contributed by atoms with Gasteiger partial charge in [0.05, 0.1) is 6.04 Å². The molecule has 1 heterocycles. The first-order chi connectivity index (χ1) is 6.43. The molecule has 16 heavy (non-hydrogen) atoms. The number of carbonyl (C=O) groups excluding carboxylic acids is 1. The van der Waals surface area contributed by atoms with Crippen molar-refractivity contribution in [1.82, 2.24) is 10.2 Å². The number of hydrogen-bond acceptors (Lipinski definition) is 3. The van der Waals surface area contributed by atoms with Gasteiger partial charge in [0.25, 0.3) is 0 Å². The van der Waals surface area contributed by atoms with Crippen LogP contribution in [0.1, 0.15) is 20.8 Å². The highest BCUT2D eigenvalue weighted by Crippen LogP contribution is 2.24. The van der Waals surface area contributed by atoms with Crippen molar-refractivity contribution in [1.29, 1.82) is 0 Å². The van der Waals surface area contributed by atoms with Crippen LogP contribution in [-0.4, -0.2) is 43.0 Å². The van der Waals surface area contributed by atoms with Crippen LogP contribution in [0.4, 0.5) is 0 Å². The second-order valence-electron chi connectivity index (χ2n) is 4.96. The Morgan fingerprint density at radius 3 is 2.00 bits per heavy atom. The second-order valence-corrected chi connectivity index (χ2v) is 4.96. The van der Waals surface area contributed by atoms with Crippen LogP contribution in [0, 0.1) is 5.41 Å². The highest BCUT2D eigenvalue weighted by atomic mass is 35.5. The Kier molecular flexibility index (Phi) is 8.40. The van der Waals surface area contributed by atoms with Crippen molar-refractivity contribution in [2.24, 2.45) is 11.1 Å². The number of piperazine rings is 1. The van der Waals surface area contributed by atoms with Crippen molar-refractivity contribution in [2.45, 2.75) is 26.8 Å². The van der Waals surface area contributed by atoms with E-state index < -0.39 is 0 Å². The fourth-order valence-corrected chi connectivity index (χ4v) is 2.09. The Bertz CT molecular complexity index is 213. The molecule has 0 spiro atoms. The number of nitrogens with one attached hydrogen (secondary N) is 1. The number of hydrogen-bond donors (Lipinski definition) is 2. The Morgan fingerprint density at radius 1 is 1.25 bits per heavy atom. The number of halogens is 2. The third-order valence-electron chi connectivity index (χ3n) is 2.61. The topological polar surface area (TPSA) is 58.4 Å². The van der Waals surface area contributed by atoms with Crippen molar-refractivity contribution in [3.8, 4) is 0 Å². The lowest BCUT2D eigenvalue weighted by Crippen LogP contribution is -2.57. The molecule has 0 bridgehead atoms. The van der Waals surface area contributed by atoms with E-state index in [0.717, 1.165) is 26.2 Å². The van der Waals surface area contributed by atoms with E-state index in [9.17, 15) is 4.79 Å². The number of amides is 1. The highest BCUT2D eigenvalue weighted by molar-refractivity contribution is 5.85. The molecule has 4 nitrogen and oxygen atoms in total. The fraction of sp³-hybridized carbons (Fsp3) is 0.900. The monoisotopic (exact) mass is 271 g/mol. The summed E-state index contributed by atoms with van der Waals surface area (Å²) in [6, 6.07) is -0.149. The van der Waals surface area contributed by atoms with Crippen LogP contribution in [0.5, 0.6) is 0 Å². The predicted molar refractivity (Wildman–Crippen MR) is 71.4 cm³/mol. The van der Waals surface area contributed by atoms with E-state index in [-0.39, 0.29) is 42.2 Å². The molecule has 0 aromatic rings. The van der Waals surface area contributed by atoms with Gasteiger partial charge in [-0.15, -0.1) is 24.8 Å². The molecule has 3 N–H and O–H groups in total. The number of carbonyl (C=O) groups is 1. The standard InChI is InChI=1S/C10H21N3O.2ClH/c1-10(2,3)8(9(11)14)13-6-4-12-5-7-13;;/h8,12H,4-7H2,1-3H3,(H2,11,14);2*1H. The summed E-state index contributed by atoms with van der Waals surface area (Å²) >= 11 is 0. The van der Waals surface area contributed by atoms with Crippen LogP contribution < -0.4 is 11.1 Å². The quantitative estimate of drug-likeness (QED) is 0.775. The van der Waals surface area contributed by atoms with E-state index in [0.29, 0.717) is 0 Å². The third kappa shape index (κ3) is 4.87. The van der Waals surface area contributed by atoms with Crippen molar-refractivity contribution in [3.63, 3.8) is 0 Å². The van der Waals surface area contributed by atoms with Crippen LogP contribution in [0.2, 0.25) is 0 Å². The SMILES string of the molecule is CC(C)(C)C(C(N)=O)N1CCNCC1.Cl.Cl. The Balaban J connectivity index is 0. The normalized spacial score (nSPS) is 19.2. The van der Waals surface area contributed by atoms with Crippen molar-refractivity contribution < 1.29 is 4.79 Å². The number of nitrogens with zero attached hydrogens (tertiary/aromatic N) is 1. The van der Waals surface area contributed by atoms with Crippen molar-refractivity contribution in [3.05, 3.63) is 0 Å². The first-order valence-corrected chi connectivity index (χ1v) is 5.17. The molecule has 1 saturated heterocycles. The van der Waals surface area contributed by atoms with Gasteiger partial charge in [-0.1, -0.05) is 20.8 Å². The Labute approximate surface area is 110 Å². The second kappa shape index (κ2) is 7.33. The maximum atomic E-state index is 11.4. The fourth-order valence-electron chi connectivity index (χ4n) is 2.09. The molecule has 1 atom stereocenters. The summed E-state index contributed by atoms with van der Waals surface area (Å²) < 4.78 is 0. The van der Waals surface area contributed by atoms with E-state index in [2.05, 4.69) is 31.0 Å². The molecule has 1 rings (SSSR count). The zero-order valence-electron chi connectivity index (χ0n) is 10.2. The number of rotatable bonds is 2. The van der Waals surface area contributed by atoms with Crippen LogP contribution in [-0.2, 0) is 4.79 Å². The molecule has 0 aliphatic carbocycles. The van der Waals surface area contributed by atoms with Gasteiger partial charge in [-0.2, -0.15) is 0 Å². The van der Waals surface area contributed by atoms with Gasteiger partial charge in [0.2, 0.25) is 5.91 Å². The number of primary amides is 1. The largest absolute Gasteiger partial charge is 0.368 e. The molecular formula is C10H23Cl2N3O. The summed E-state index contributed by atoms with van der Waals surface area (Å²) in [6.07, 6.45) is 0. The van der Waals surface area contributed by atoms with Gasteiger partial charge in [0.1, 0.15) is 0 Å². The molecule has 0 radical (unpaired) electrons. The minimum Gasteiger partial charge on any atom is -0.368 e. The minimum atomic E-state index is -0.209. The van der Waals surface area contributed by atoms with Gasteiger partial charge in [-0.05, 0) is 5.41 Å². The zero-order valence-corrected chi connectivity index (χ0v) is 11.8. The summed E-state index contributed by atoms with van der Waals surface area (Å²) in [7, 11) is 0. The van der Waals surface area contributed by atoms with Crippen molar-refractivity contribution >= 4 is 30.7 Å². The maximum Gasteiger partial charge on any atom is 0.235 e. The molecule has 1 aliphatic rings. The smallest absolute Gasteiger partial charge is 0.235 e. The van der Waals surface area contributed by atoms with Gasteiger partial charge >= 0.3 is 0 Å². The van der Waals surface area contributed by atoms with Gasteiger partial charge in [-0.25, -0.2) is 0 Å². The average Bonchev–Trinajstić information content (AvgIpc) is 2.02. The molecule has 1 amide bonds. The molecule has 6 heteroatoms. The highest BCUT2D eigenvalue weighted by Gasteiger charge is 2.35. The molecule has 1 unspecified atom stereocenters. The van der Waals surface area contributed by atoms with E-state index in [4.69, 9.17) is 5.73 Å². The van der Waals surface area contributed by atoms with Crippen molar-refractivity contribution in [2.75, 3.05) is 26.2 Å². The first-order valence-electron chi connectivity index (χ1n) is 5.17. The lowest BCUT2D eigenvalue weighted by molar-refractivity contribution is -0.127. The summed E-state index contributed by atoms with van der Waals surface area (Å²) in [4.78, 5) is 13.6. The van der Waals surface area contributed by atoms with E-state index in [1.165, 1.54) is 0 Å². The molecule has 1 aliphatic heterocycles. The lowest BCUT2D eigenvalue weighted by atomic mass is 9.85. The Hall–Kier alpha value is -0.0300. The lowest BCUT2D eigenvalue weighted by Gasteiger charge is -2.40. The van der Waals surface area contributed by atoms with Crippen LogP contribution in [0.25, 0.3) is 0 Å². The van der Waals surface area contributed by atoms with E-state index in [1.807, 2.05) is 0 Å². The number of nitrogens with two attached hydrogens (primary N) is 1. The molecule has 1 fully saturated rings. The van der Waals surface area contributed by atoms with E-state index >= 15 is 0 Å². The van der Waals surface area contributed by atoms with Gasteiger partial charge in [0.15, 0.2) is 0 Å². The predicted octanol–water partition coefficient (Wildman–Crippen LogP) is 0.635. The molecule has 0 aromatic heterocycles. The summed E-state index contributed by atoms with van der Waals surface area (Å²) in [5.41, 5.74) is 5.37. The zero-order chi connectivity index (χ0) is 10.8. The van der Waals surface area contributed by atoms with Gasteiger partial charge < -0.3 is 11.1 Å². The molecule has 0 aromatic carbocycles. The Morgan fingerprint density at radius 2 is 1.69 bits per heavy atom. The average molecular weight is 272 g/mol. The van der Waals surface area contributed by atoms with Gasteiger partial charge in [-0.3, -0.25) is 9.69 Å². The maximum absolute atomic E-state index is 11.4. The third-order valence-corrected chi connectivity index (χ3v) is 2.61. The molecule has 98 valence electrons. The molecule has 0 saturated carbocycles. The van der Waals surface area contributed by atoms with Gasteiger partial charge in [0, 0.05) is 26.2 Å². The first kappa shape index (κ1) is 18.3. The van der Waals surface area contributed by atoms with E-state index in [1.54, 1.807) is 0 Å². The molecular weight excluding hydrogens is 249 g/mol. The minimum absolute atomic E-state index is 0. The summed E-state index contributed by atoms with van der Waals surface area (Å²) in [6.45, 7) is 9.88. The summed E-state index contributed by atoms with van der Waals surface area (Å²) in [5, 5.41) is 3.27.